The van der Waals surface area contributed by atoms with Crippen LogP contribution >= 0.6 is 11.3 Å². The first-order chi connectivity index (χ1) is 8.49. The van der Waals surface area contributed by atoms with Gasteiger partial charge < -0.3 is 5.32 Å². The summed E-state index contributed by atoms with van der Waals surface area (Å²) in [5.74, 6) is 0. The standard InChI is InChI=1S/C15H26N2S/c1-12(2)16-10-13(3)11-17(5)14(4)9-15-7-6-8-18-15/h6-8,12,14,16H,3,9-11H2,1-2,4-5H3. The topological polar surface area (TPSA) is 15.3 Å². The SMILES string of the molecule is C=C(CNC(C)C)CN(C)C(C)Cc1cccs1. The molecule has 1 unspecified atom stereocenters. The quantitative estimate of drug-likeness (QED) is 0.727. The molecule has 2 nitrogen and oxygen atoms in total. The molecule has 1 aromatic heterocycles. The summed E-state index contributed by atoms with van der Waals surface area (Å²) in [6.45, 7) is 12.6. The van der Waals surface area contributed by atoms with E-state index in [4.69, 9.17) is 0 Å². The van der Waals surface area contributed by atoms with Gasteiger partial charge in [0.25, 0.3) is 0 Å². The van der Waals surface area contributed by atoms with Crippen molar-refractivity contribution in [2.75, 3.05) is 20.1 Å². The van der Waals surface area contributed by atoms with E-state index in [2.05, 4.69) is 62.1 Å². The zero-order chi connectivity index (χ0) is 13.5. The number of rotatable bonds is 8. The molecule has 0 spiro atoms. The van der Waals surface area contributed by atoms with Gasteiger partial charge in [-0.25, -0.2) is 0 Å². The molecule has 0 amide bonds. The average Bonchev–Trinajstić information content (AvgIpc) is 2.79. The molecule has 0 fully saturated rings. The second kappa shape index (κ2) is 7.72. The first-order valence-corrected chi connectivity index (χ1v) is 7.49. The van der Waals surface area contributed by atoms with Gasteiger partial charge in [0, 0.05) is 30.1 Å². The first-order valence-electron chi connectivity index (χ1n) is 6.61. The van der Waals surface area contributed by atoms with Gasteiger partial charge in [-0.1, -0.05) is 26.5 Å². The van der Waals surface area contributed by atoms with Crippen molar-refractivity contribution in [3.8, 4) is 0 Å². The Kier molecular flexibility index (Phi) is 6.61. The van der Waals surface area contributed by atoms with Gasteiger partial charge in [-0.2, -0.15) is 0 Å². The van der Waals surface area contributed by atoms with Crippen LogP contribution in [0.3, 0.4) is 0 Å². The lowest BCUT2D eigenvalue weighted by molar-refractivity contribution is 0.276. The van der Waals surface area contributed by atoms with E-state index in [1.807, 2.05) is 11.3 Å². The van der Waals surface area contributed by atoms with Crippen LogP contribution in [0.25, 0.3) is 0 Å². The Morgan fingerprint density at radius 3 is 2.72 bits per heavy atom. The van der Waals surface area contributed by atoms with Gasteiger partial charge >= 0.3 is 0 Å². The molecular weight excluding hydrogens is 240 g/mol. The normalized spacial score (nSPS) is 13.2. The molecule has 1 atom stereocenters. The molecule has 0 bridgehead atoms. The molecule has 0 aliphatic carbocycles. The van der Waals surface area contributed by atoms with Crippen molar-refractivity contribution in [2.45, 2.75) is 39.3 Å². The fourth-order valence-electron chi connectivity index (χ4n) is 1.79. The van der Waals surface area contributed by atoms with Crippen LogP contribution in [0.15, 0.2) is 29.7 Å². The minimum atomic E-state index is 0.524. The third-order valence-electron chi connectivity index (χ3n) is 3.06. The molecule has 1 N–H and O–H groups in total. The third-order valence-corrected chi connectivity index (χ3v) is 3.96. The lowest BCUT2D eigenvalue weighted by atomic mass is 10.1. The first kappa shape index (κ1) is 15.4. The van der Waals surface area contributed by atoms with Gasteiger partial charge in [0.15, 0.2) is 0 Å². The van der Waals surface area contributed by atoms with Crippen LogP contribution in [0.4, 0.5) is 0 Å². The van der Waals surface area contributed by atoms with E-state index < -0.39 is 0 Å². The molecule has 18 heavy (non-hydrogen) atoms. The molecule has 3 heteroatoms. The predicted molar refractivity (Wildman–Crippen MR) is 82.4 cm³/mol. The van der Waals surface area contributed by atoms with Crippen molar-refractivity contribution in [2.24, 2.45) is 0 Å². The number of thiophene rings is 1. The Bertz CT molecular complexity index is 343. The van der Waals surface area contributed by atoms with E-state index in [0.29, 0.717) is 12.1 Å². The minimum absolute atomic E-state index is 0.524. The van der Waals surface area contributed by atoms with E-state index in [-0.39, 0.29) is 0 Å². The summed E-state index contributed by atoms with van der Waals surface area (Å²) < 4.78 is 0. The molecule has 0 aromatic carbocycles. The largest absolute Gasteiger partial charge is 0.311 e. The van der Waals surface area contributed by atoms with Gasteiger partial charge in [-0.15, -0.1) is 11.3 Å². The van der Waals surface area contributed by atoms with Crippen LogP contribution in [-0.4, -0.2) is 37.1 Å². The van der Waals surface area contributed by atoms with Crippen molar-refractivity contribution in [1.82, 2.24) is 10.2 Å². The number of hydrogen-bond acceptors (Lipinski definition) is 3. The summed E-state index contributed by atoms with van der Waals surface area (Å²) >= 11 is 1.84. The van der Waals surface area contributed by atoms with Crippen molar-refractivity contribution in [1.29, 1.82) is 0 Å². The average molecular weight is 266 g/mol. The van der Waals surface area contributed by atoms with Gasteiger partial charge in [-0.3, -0.25) is 4.90 Å². The Morgan fingerprint density at radius 1 is 1.44 bits per heavy atom. The summed E-state index contributed by atoms with van der Waals surface area (Å²) in [5.41, 5.74) is 1.25. The molecule has 102 valence electrons. The Morgan fingerprint density at radius 2 is 2.17 bits per heavy atom. The van der Waals surface area contributed by atoms with E-state index in [1.54, 1.807) is 0 Å². The van der Waals surface area contributed by atoms with Crippen molar-refractivity contribution in [3.05, 3.63) is 34.5 Å². The highest BCUT2D eigenvalue weighted by Gasteiger charge is 2.11. The smallest absolute Gasteiger partial charge is 0.0202 e. The molecule has 1 rings (SSSR count). The number of nitrogens with zero attached hydrogens (tertiary/aromatic N) is 1. The number of nitrogens with one attached hydrogen (secondary N) is 1. The molecule has 1 aromatic rings. The molecule has 0 aliphatic rings. The van der Waals surface area contributed by atoms with Gasteiger partial charge in [0.1, 0.15) is 0 Å². The minimum Gasteiger partial charge on any atom is -0.311 e. The predicted octanol–water partition coefficient (Wildman–Crippen LogP) is 3.17. The molecular formula is C15H26N2S. The maximum atomic E-state index is 4.14. The highest BCUT2D eigenvalue weighted by molar-refractivity contribution is 7.09. The van der Waals surface area contributed by atoms with E-state index in [0.717, 1.165) is 19.5 Å². The van der Waals surface area contributed by atoms with Crippen molar-refractivity contribution >= 4 is 11.3 Å². The number of likely N-dealkylation sites (N-methyl/N-ethyl adjacent to an activating group) is 1. The number of hydrogen-bond donors (Lipinski definition) is 1. The summed E-state index contributed by atoms with van der Waals surface area (Å²) in [7, 11) is 2.18. The molecule has 0 saturated heterocycles. The molecule has 0 saturated carbocycles. The van der Waals surface area contributed by atoms with Crippen LogP contribution in [0, 0.1) is 0 Å². The van der Waals surface area contributed by atoms with Crippen molar-refractivity contribution < 1.29 is 0 Å². The monoisotopic (exact) mass is 266 g/mol. The lowest BCUT2D eigenvalue weighted by Gasteiger charge is -2.25. The van der Waals surface area contributed by atoms with Crippen LogP contribution in [0.2, 0.25) is 0 Å². The molecule has 1 heterocycles. The fourth-order valence-corrected chi connectivity index (χ4v) is 2.62. The Labute approximate surface area is 116 Å². The summed E-state index contributed by atoms with van der Waals surface area (Å²) in [5, 5.41) is 5.56. The zero-order valence-electron chi connectivity index (χ0n) is 12.1. The molecule has 0 radical (unpaired) electrons. The molecule has 0 aliphatic heterocycles. The highest BCUT2D eigenvalue weighted by Crippen LogP contribution is 2.13. The zero-order valence-corrected chi connectivity index (χ0v) is 12.9. The second-order valence-electron chi connectivity index (χ2n) is 5.33. The maximum Gasteiger partial charge on any atom is 0.0202 e. The van der Waals surface area contributed by atoms with E-state index >= 15 is 0 Å². The Balaban J connectivity index is 2.30. The van der Waals surface area contributed by atoms with E-state index in [9.17, 15) is 0 Å². The third kappa shape index (κ3) is 5.80. The van der Waals surface area contributed by atoms with Crippen LogP contribution in [0.5, 0.6) is 0 Å². The second-order valence-corrected chi connectivity index (χ2v) is 6.37. The van der Waals surface area contributed by atoms with Crippen molar-refractivity contribution in [3.63, 3.8) is 0 Å². The maximum absolute atomic E-state index is 4.14. The lowest BCUT2D eigenvalue weighted by Crippen LogP contribution is -2.35. The van der Waals surface area contributed by atoms with E-state index in [1.165, 1.54) is 10.5 Å². The van der Waals surface area contributed by atoms with Crippen LogP contribution in [-0.2, 0) is 6.42 Å². The van der Waals surface area contributed by atoms with Crippen LogP contribution < -0.4 is 5.32 Å². The highest BCUT2D eigenvalue weighted by atomic mass is 32.1. The van der Waals surface area contributed by atoms with Crippen LogP contribution in [0.1, 0.15) is 25.6 Å². The summed E-state index contributed by atoms with van der Waals surface area (Å²) in [6.07, 6.45) is 1.12. The van der Waals surface area contributed by atoms with Gasteiger partial charge in [0.2, 0.25) is 0 Å². The summed E-state index contributed by atoms with van der Waals surface area (Å²) in [6, 6.07) is 5.41. The fraction of sp³-hybridized carbons (Fsp3) is 0.600. The Hall–Kier alpha value is -0.640. The van der Waals surface area contributed by atoms with Gasteiger partial charge in [0.05, 0.1) is 0 Å². The summed E-state index contributed by atoms with van der Waals surface area (Å²) in [4.78, 5) is 3.84. The van der Waals surface area contributed by atoms with Gasteiger partial charge in [-0.05, 0) is 37.4 Å².